The van der Waals surface area contributed by atoms with Crippen molar-refractivity contribution in [3.63, 3.8) is 0 Å². The number of aromatic nitrogens is 2. The summed E-state index contributed by atoms with van der Waals surface area (Å²) < 4.78 is 5.45. The Morgan fingerprint density at radius 3 is 2.71 bits per heavy atom. The summed E-state index contributed by atoms with van der Waals surface area (Å²) >= 11 is 7.08. The first-order chi connectivity index (χ1) is 11.6. The Balaban J connectivity index is 1.61. The van der Waals surface area contributed by atoms with Gasteiger partial charge in [-0.25, -0.2) is 0 Å². The topological polar surface area (TPSA) is 88.2 Å². The van der Waals surface area contributed by atoms with Crippen molar-refractivity contribution in [2.75, 3.05) is 11.1 Å². The van der Waals surface area contributed by atoms with Crippen molar-refractivity contribution < 1.29 is 14.3 Å². The number of anilines is 1. The third-order valence-electron chi connectivity index (χ3n) is 3.02. The average Bonchev–Trinajstić information content (AvgIpc) is 3.04. The first-order valence-corrected chi connectivity index (χ1v) is 8.29. The van der Waals surface area contributed by atoms with Gasteiger partial charge in [-0.05, 0) is 24.3 Å². The van der Waals surface area contributed by atoms with Crippen LogP contribution in [0.15, 0.2) is 58.2 Å². The maximum absolute atomic E-state index is 11.9. The van der Waals surface area contributed by atoms with Gasteiger partial charge in [0.05, 0.1) is 22.0 Å². The first kappa shape index (κ1) is 16.4. The lowest BCUT2D eigenvalue weighted by Gasteiger charge is -2.05. The minimum absolute atomic E-state index is 0.0502. The van der Waals surface area contributed by atoms with Crippen molar-refractivity contribution in [2.24, 2.45) is 0 Å². The SMILES string of the molecule is O=C(CSc1nnc(-c2ccccc2O)o1)Nc1ccccc1Cl. The molecule has 0 spiro atoms. The van der Waals surface area contributed by atoms with Gasteiger partial charge >= 0.3 is 0 Å². The van der Waals surface area contributed by atoms with Gasteiger partial charge in [0, 0.05) is 0 Å². The number of hydrogen-bond acceptors (Lipinski definition) is 6. The molecule has 24 heavy (non-hydrogen) atoms. The van der Waals surface area contributed by atoms with E-state index in [0.717, 1.165) is 11.8 Å². The molecule has 0 unspecified atom stereocenters. The molecule has 122 valence electrons. The highest BCUT2D eigenvalue weighted by atomic mass is 35.5. The molecule has 0 saturated carbocycles. The van der Waals surface area contributed by atoms with E-state index in [-0.39, 0.29) is 28.5 Å². The molecule has 1 aromatic heterocycles. The zero-order valence-electron chi connectivity index (χ0n) is 12.3. The summed E-state index contributed by atoms with van der Waals surface area (Å²) in [6, 6.07) is 13.6. The maximum atomic E-state index is 11.9. The van der Waals surface area contributed by atoms with Crippen molar-refractivity contribution in [1.82, 2.24) is 10.2 Å². The molecule has 3 aromatic rings. The number of benzene rings is 2. The zero-order chi connectivity index (χ0) is 16.9. The molecule has 1 heterocycles. The van der Waals surface area contributed by atoms with E-state index in [2.05, 4.69) is 15.5 Å². The van der Waals surface area contributed by atoms with E-state index >= 15 is 0 Å². The van der Waals surface area contributed by atoms with E-state index in [1.165, 1.54) is 6.07 Å². The van der Waals surface area contributed by atoms with Crippen LogP contribution in [0.25, 0.3) is 11.5 Å². The van der Waals surface area contributed by atoms with Gasteiger partial charge in [0.1, 0.15) is 5.75 Å². The van der Waals surface area contributed by atoms with Crippen LogP contribution in [0, 0.1) is 0 Å². The Hall–Kier alpha value is -2.51. The van der Waals surface area contributed by atoms with E-state index in [1.807, 2.05) is 0 Å². The van der Waals surface area contributed by atoms with E-state index in [9.17, 15) is 9.90 Å². The second-order valence-corrected chi connectivity index (χ2v) is 6.04. The number of nitrogens with one attached hydrogen (secondary N) is 1. The van der Waals surface area contributed by atoms with Crippen LogP contribution in [-0.4, -0.2) is 27.0 Å². The number of hydrogen-bond donors (Lipinski definition) is 2. The van der Waals surface area contributed by atoms with Crippen molar-refractivity contribution in [1.29, 1.82) is 0 Å². The molecule has 0 bridgehead atoms. The second kappa shape index (κ2) is 7.37. The molecule has 0 aliphatic heterocycles. The molecule has 0 atom stereocenters. The van der Waals surface area contributed by atoms with Crippen molar-refractivity contribution in [3.8, 4) is 17.2 Å². The first-order valence-electron chi connectivity index (χ1n) is 6.92. The smallest absolute Gasteiger partial charge is 0.277 e. The Bertz CT molecular complexity index is 869. The van der Waals surface area contributed by atoms with Crippen LogP contribution in [0.3, 0.4) is 0 Å². The molecule has 0 aliphatic rings. The van der Waals surface area contributed by atoms with Crippen molar-refractivity contribution >= 4 is 35.0 Å². The summed E-state index contributed by atoms with van der Waals surface area (Å²) in [6.45, 7) is 0. The number of carbonyl (C=O) groups is 1. The van der Waals surface area contributed by atoms with Gasteiger partial charge in [-0.2, -0.15) is 0 Å². The molecule has 1 amide bonds. The number of rotatable bonds is 5. The Morgan fingerprint density at radius 1 is 1.17 bits per heavy atom. The number of nitrogens with zero attached hydrogens (tertiary/aromatic N) is 2. The maximum Gasteiger partial charge on any atom is 0.277 e. The lowest BCUT2D eigenvalue weighted by molar-refractivity contribution is -0.113. The summed E-state index contributed by atoms with van der Waals surface area (Å²) in [5, 5.41) is 20.9. The van der Waals surface area contributed by atoms with Crippen molar-refractivity contribution in [3.05, 3.63) is 53.6 Å². The highest BCUT2D eigenvalue weighted by Gasteiger charge is 2.14. The predicted octanol–water partition coefficient (Wildman–Crippen LogP) is 3.83. The van der Waals surface area contributed by atoms with Gasteiger partial charge in [0.2, 0.25) is 5.91 Å². The van der Waals surface area contributed by atoms with E-state index < -0.39 is 0 Å². The summed E-state index contributed by atoms with van der Waals surface area (Å²) in [7, 11) is 0. The van der Waals surface area contributed by atoms with E-state index in [1.54, 1.807) is 42.5 Å². The third kappa shape index (κ3) is 3.87. The molecular weight excluding hydrogens is 350 g/mol. The standard InChI is InChI=1S/C16H12ClN3O3S/c17-11-6-2-3-7-12(11)18-14(22)9-24-16-20-19-15(23-16)10-5-1-4-8-13(10)21/h1-8,21H,9H2,(H,18,22). The number of halogens is 1. The third-order valence-corrected chi connectivity index (χ3v) is 4.16. The van der Waals surface area contributed by atoms with Crippen LogP contribution in [0.4, 0.5) is 5.69 Å². The van der Waals surface area contributed by atoms with Gasteiger partial charge in [0.15, 0.2) is 0 Å². The Labute approximate surface area is 146 Å². The molecular formula is C16H12ClN3O3S. The zero-order valence-corrected chi connectivity index (χ0v) is 13.8. The van der Waals surface area contributed by atoms with Crippen LogP contribution in [0.5, 0.6) is 5.75 Å². The Morgan fingerprint density at radius 2 is 1.92 bits per heavy atom. The van der Waals surface area contributed by atoms with Crippen molar-refractivity contribution in [2.45, 2.75) is 5.22 Å². The molecule has 8 heteroatoms. The number of amides is 1. The lowest BCUT2D eigenvalue weighted by Crippen LogP contribution is -2.14. The quantitative estimate of drug-likeness (QED) is 0.671. The largest absolute Gasteiger partial charge is 0.507 e. The molecule has 3 rings (SSSR count). The number of carbonyl (C=O) groups excluding carboxylic acids is 1. The molecule has 2 N–H and O–H groups in total. The molecule has 0 saturated heterocycles. The average molecular weight is 362 g/mol. The van der Waals surface area contributed by atoms with Crippen LogP contribution in [-0.2, 0) is 4.79 Å². The van der Waals surface area contributed by atoms with Gasteiger partial charge in [-0.3, -0.25) is 4.79 Å². The fraction of sp³-hybridized carbons (Fsp3) is 0.0625. The highest BCUT2D eigenvalue weighted by molar-refractivity contribution is 7.99. The number of phenolic OH excluding ortho intramolecular Hbond substituents is 1. The minimum Gasteiger partial charge on any atom is -0.507 e. The fourth-order valence-corrected chi connectivity index (χ4v) is 2.65. The van der Waals surface area contributed by atoms with Gasteiger partial charge in [-0.1, -0.05) is 47.6 Å². The number of aromatic hydroxyl groups is 1. The van der Waals surface area contributed by atoms with Crippen LogP contribution >= 0.6 is 23.4 Å². The fourth-order valence-electron chi connectivity index (χ4n) is 1.91. The van der Waals surface area contributed by atoms with Gasteiger partial charge < -0.3 is 14.8 Å². The molecule has 0 radical (unpaired) electrons. The lowest BCUT2D eigenvalue weighted by atomic mass is 10.2. The Kier molecular flexibility index (Phi) is 5.02. The van der Waals surface area contributed by atoms with Gasteiger partial charge in [0.25, 0.3) is 11.1 Å². The summed E-state index contributed by atoms with van der Waals surface area (Å²) in [6.07, 6.45) is 0. The van der Waals surface area contributed by atoms with Crippen LogP contribution < -0.4 is 5.32 Å². The molecule has 0 fully saturated rings. The summed E-state index contributed by atoms with van der Waals surface area (Å²) in [4.78, 5) is 11.9. The van der Waals surface area contributed by atoms with Crippen LogP contribution in [0.1, 0.15) is 0 Å². The predicted molar refractivity (Wildman–Crippen MR) is 92.2 cm³/mol. The van der Waals surface area contributed by atoms with Crippen LogP contribution in [0.2, 0.25) is 5.02 Å². The molecule has 2 aromatic carbocycles. The summed E-state index contributed by atoms with van der Waals surface area (Å²) in [5.41, 5.74) is 0.988. The normalized spacial score (nSPS) is 10.5. The summed E-state index contributed by atoms with van der Waals surface area (Å²) in [5.74, 6) is 0.0971. The number of para-hydroxylation sites is 2. The van der Waals surface area contributed by atoms with E-state index in [4.69, 9.17) is 16.0 Å². The minimum atomic E-state index is -0.240. The van der Waals surface area contributed by atoms with E-state index in [0.29, 0.717) is 16.3 Å². The highest BCUT2D eigenvalue weighted by Crippen LogP contribution is 2.29. The number of thioether (sulfide) groups is 1. The second-order valence-electron chi connectivity index (χ2n) is 4.71. The van der Waals surface area contributed by atoms with Gasteiger partial charge in [-0.15, -0.1) is 10.2 Å². The molecule has 0 aliphatic carbocycles. The molecule has 6 nitrogen and oxygen atoms in total. The monoisotopic (exact) mass is 361 g/mol. The number of phenols is 1.